The summed E-state index contributed by atoms with van der Waals surface area (Å²) in [6.07, 6.45) is 13.2. The molecule has 45 heavy (non-hydrogen) atoms. The van der Waals surface area contributed by atoms with Gasteiger partial charge >= 0.3 is 0 Å². The average Bonchev–Trinajstić information content (AvgIpc) is 3.05. The van der Waals surface area contributed by atoms with Crippen LogP contribution in [-0.4, -0.2) is 76.5 Å². The number of carbonyl (C=O) groups excluding carboxylic acids is 1. The summed E-state index contributed by atoms with van der Waals surface area (Å²) in [6.45, 7) is 6.89. The van der Waals surface area contributed by atoms with E-state index in [-0.39, 0.29) is 11.3 Å². The Morgan fingerprint density at radius 2 is 1.78 bits per heavy atom. The number of halogens is 1. The molecule has 1 amide bonds. The van der Waals surface area contributed by atoms with Gasteiger partial charge in [0, 0.05) is 69.3 Å². The molecule has 3 N–H and O–H groups in total. The third-order valence-electron chi connectivity index (χ3n) is 11.7. The van der Waals surface area contributed by atoms with Crippen molar-refractivity contribution in [3.05, 3.63) is 46.6 Å². The second kappa shape index (κ2) is 13.1. The van der Waals surface area contributed by atoms with Crippen LogP contribution in [0.3, 0.4) is 0 Å². The van der Waals surface area contributed by atoms with E-state index < -0.39 is 0 Å². The zero-order chi connectivity index (χ0) is 31.0. The van der Waals surface area contributed by atoms with E-state index in [1.54, 1.807) is 13.1 Å². The number of hydrogen-bond acceptors (Lipinski definition) is 8. The van der Waals surface area contributed by atoms with Gasteiger partial charge < -0.3 is 20.9 Å². The van der Waals surface area contributed by atoms with Crippen LogP contribution < -0.4 is 16.0 Å². The number of anilines is 2. The maximum absolute atomic E-state index is 11.7. The van der Waals surface area contributed by atoms with Gasteiger partial charge in [-0.1, -0.05) is 29.8 Å². The normalized spacial score (nSPS) is 32.7. The fraction of sp³-hybridized carbons (Fsp3) is 0.657. The lowest BCUT2D eigenvalue weighted by atomic mass is 9.47. The topological polar surface area (TPSA) is 109 Å². The number of benzene rings is 1. The van der Waals surface area contributed by atoms with Gasteiger partial charge in [0.25, 0.3) is 0 Å². The Labute approximate surface area is 272 Å². The van der Waals surface area contributed by atoms with Crippen molar-refractivity contribution in [3.63, 3.8) is 0 Å². The van der Waals surface area contributed by atoms with Crippen LogP contribution >= 0.6 is 11.6 Å². The Kier molecular flexibility index (Phi) is 8.91. The summed E-state index contributed by atoms with van der Waals surface area (Å²) in [4.78, 5) is 25.5. The first kappa shape index (κ1) is 30.7. The molecule has 4 bridgehead atoms. The Morgan fingerprint density at radius 1 is 1.04 bits per heavy atom. The highest BCUT2D eigenvalue weighted by molar-refractivity contribution is 6.31. The van der Waals surface area contributed by atoms with Gasteiger partial charge in [-0.05, 0) is 92.6 Å². The third-order valence-corrected chi connectivity index (χ3v) is 12.1. The van der Waals surface area contributed by atoms with Crippen LogP contribution in [0.15, 0.2) is 30.5 Å². The zero-order valence-corrected chi connectivity index (χ0v) is 27.2. The van der Waals surface area contributed by atoms with E-state index in [9.17, 15) is 10.1 Å². The molecule has 5 aliphatic carbocycles. The third kappa shape index (κ3) is 6.65. The molecule has 5 saturated carbocycles. The van der Waals surface area contributed by atoms with Crippen molar-refractivity contribution in [2.45, 2.75) is 89.4 Å². The first-order valence-electron chi connectivity index (χ1n) is 17.1. The van der Waals surface area contributed by atoms with Crippen LogP contribution in [0.5, 0.6) is 0 Å². The van der Waals surface area contributed by atoms with E-state index in [1.807, 2.05) is 29.2 Å². The van der Waals surface area contributed by atoms with E-state index in [4.69, 9.17) is 16.6 Å². The standard InChI is InChI=1S/C35H47ClN8O/c1-23(45)43-10-12-44(13-11-43)30-8-6-29(7-9-30)41-32-26-14-24-15-27(32)18-35(16-24,17-26)22-40-33-28(19-37)21-39-34(42-33)38-20-25-4-2-3-5-31(25)36/h2-5,21,24,26-27,29-30,32,41H,6-18,20,22H2,1H3,(H2,38,39,40,42)/t24?,26-,27+,29?,30?,32-,35-. The number of amides is 1. The molecule has 2 heterocycles. The number of aromatic nitrogens is 2. The second-order valence-electron chi connectivity index (χ2n) is 14.6. The molecule has 9 nitrogen and oxygen atoms in total. The smallest absolute Gasteiger partial charge is 0.224 e. The number of rotatable bonds is 9. The summed E-state index contributed by atoms with van der Waals surface area (Å²) in [6, 6.07) is 12.0. The van der Waals surface area contributed by atoms with Crippen LogP contribution in [0.25, 0.3) is 0 Å². The SMILES string of the molecule is CC(=O)N1CCN(C2CCC(N[C@@H]3[C@@H]4CC5C[C@H]3C[C@@](CNc3nc(NCc6ccccc6Cl)ncc3C#N)(C5)C4)CC2)CC1. The van der Waals surface area contributed by atoms with Crippen molar-refractivity contribution >= 4 is 29.3 Å². The molecule has 2 aromatic rings. The average molecular weight is 631 g/mol. The summed E-state index contributed by atoms with van der Waals surface area (Å²) < 4.78 is 0. The van der Waals surface area contributed by atoms with E-state index in [2.05, 4.69) is 31.9 Å². The minimum absolute atomic E-state index is 0.212. The highest BCUT2D eigenvalue weighted by Gasteiger charge is 2.55. The van der Waals surface area contributed by atoms with Crippen molar-refractivity contribution in [1.29, 1.82) is 5.26 Å². The van der Waals surface area contributed by atoms with E-state index in [0.717, 1.165) is 56.0 Å². The van der Waals surface area contributed by atoms with Gasteiger partial charge in [0.05, 0.1) is 6.20 Å². The first-order chi connectivity index (χ1) is 21.9. The lowest BCUT2D eigenvalue weighted by molar-refractivity contribution is -0.131. The fourth-order valence-corrected chi connectivity index (χ4v) is 9.94. The lowest BCUT2D eigenvalue weighted by Gasteiger charge is -2.61. The van der Waals surface area contributed by atoms with Crippen molar-refractivity contribution < 1.29 is 4.79 Å². The number of nitrogens with one attached hydrogen (secondary N) is 3. The maximum Gasteiger partial charge on any atom is 0.224 e. The molecule has 0 spiro atoms. The lowest BCUT2D eigenvalue weighted by Crippen LogP contribution is -2.61. The Balaban J connectivity index is 0.929. The first-order valence-corrected chi connectivity index (χ1v) is 17.5. The number of nitriles is 1. The van der Waals surface area contributed by atoms with Crippen LogP contribution in [0.1, 0.15) is 75.8 Å². The maximum atomic E-state index is 11.7. The van der Waals surface area contributed by atoms with E-state index >= 15 is 0 Å². The van der Waals surface area contributed by atoms with Gasteiger partial charge in [0.15, 0.2) is 0 Å². The van der Waals surface area contributed by atoms with Gasteiger partial charge in [-0.3, -0.25) is 9.69 Å². The molecule has 1 aliphatic heterocycles. The highest BCUT2D eigenvalue weighted by Crippen LogP contribution is 2.60. The Bertz CT molecular complexity index is 1400. The molecule has 1 saturated heterocycles. The molecular formula is C35H47ClN8O. The van der Waals surface area contributed by atoms with E-state index in [0.29, 0.717) is 47.0 Å². The van der Waals surface area contributed by atoms with Crippen molar-refractivity contribution in [3.8, 4) is 6.07 Å². The predicted octanol–water partition coefficient (Wildman–Crippen LogP) is 5.29. The molecule has 1 aromatic carbocycles. The minimum Gasteiger partial charge on any atom is -0.368 e. The molecule has 6 aliphatic rings. The molecule has 10 heteroatoms. The predicted molar refractivity (Wildman–Crippen MR) is 177 cm³/mol. The molecule has 1 unspecified atom stereocenters. The van der Waals surface area contributed by atoms with E-state index in [1.165, 1.54) is 57.8 Å². The highest BCUT2D eigenvalue weighted by atomic mass is 35.5. The van der Waals surface area contributed by atoms with Crippen molar-refractivity contribution in [1.82, 2.24) is 25.1 Å². The Hall–Kier alpha value is -2.93. The number of carbonyl (C=O) groups is 1. The molecular weight excluding hydrogens is 584 g/mol. The summed E-state index contributed by atoms with van der Waals surface area (Å²) in [5.74, 6) is 3.63. The summed E-state index contributed by atoms with van der Waals surface area (Å²) in [7, 11) is 0. The van der Waals surface area contributed by atoms with Crippen LogP contribution in [0, 0.1) is 34.5 Å². The molecule has 8 rings (SSSR count). The van der Waals surface area contributed by atoms with Crippen LogP contribution in [-0.2, 0) is 11.3 Å². The second-order valence-corrected chi connectivity index (χ2v) is 15.0. The summed E-state index contributed by atoms with van der Waals surface area (Å²) in [5, 5.41) is 21.6. The molecule has 6 fully saturated rings. The summed E-state index contributed by atoms with van der Waals surface area (Å²) >= 11 is 6.33. The van der Waals surface area contributed by atoms with Crippen molar-refractivity contribution in [2.75, 3.05) is 43.4 Å². The van der Waals surface area contributed by atoms with Gasteiger partial charge in [-0.2, -0.15) is 10.2 Å². The molecule has 0 radical (unpaired) electrons. The van der Waals surface area contributed by atoms with Gasteiger partial charge in [-0.15, -0.1) is 0 Å². The monoisotopic (exact) mass is 630 g/mol. The van der Waals surface area contributed by atoms with Gasteiger partial charge in [0.1, 0.15) is 17.5 Å². The van der Waals surface area contributed by atoms with Gasteiger partial charge in [0.2, 0.25) is 11.9 Å². The number of piperazine rings is 1. The zero-order valence-electron chi connectivity index (χ0n) is 26.5. The Morgan fingerprint density at radius 3 is 2.47 bits per heavy atom. The molecule has 5 atom stereocenters. The number of nitrogens with zero attached hydrogens (tertiary/aromatic N) is 5. The fourth-order valence-electron chi connectivity index (χ4n) is 9.73. The van der Waals surface area contributed by atoms with Crippen molar-refractivity contribution in [2.24, 2.45) is 23.2 Å². The van der Waals surface area contributed by atoms with Crippen LogP contribution in [0.2, 0.25) is 5.02 Å². The molecule has 1 aromatic heterocycles. The number of hydrogen-bond donors (Lipinski definition) is 3. The molecule has 240 valence electrons. The van der Waals surface area contributed by atoms with Crippen LogP contribution in [0.4, 0.5) is 11.8 Å². The minimum atomic E-state index is 0.212. The summed E-state index contributed by atoms with van der Waals surface area (Å²) in [5.41, 5.74) is 1.74. The quantitative estimate of drug-likeness (QED) is 0.343. The largest absolute Gasteiger partial charge is 0.368 e. The van der Waals surface area contributed by atoms with Gasteiger partial charge in [-0.25, -0.2) is 4.98 Å².